The molecule has 1 amide bonds. The molecular formula is C14H21FN2O3. The monoisotopic (exact) mass is 284 g/mol. The van der Waals surface area contributed by atoms with E-state index in [2.05, 4.69) is 5.32 Å². The number of carbonyl (C=O) groups is 1. The molecule has 5 nitrogen and oxygen atoms in total. The van der Waals surface area contributed by atoms with E-state index < -0.39 is 11.9 Å². The zero-order valence-corrected chi connectivity index (χ0v) is 12.0. The quantitative estimate of drug-likeness (QED) is 0.594. The molecule has 0 aliphatic carbocycles. The van der Waals surface area contributed by atoms with Crippen LogP contribution in [0, 0.1) is 5.82 Å². The van der Waals surface area contributed by atoms with E-state index in [1.54, 1.807) is 6.92 Å². The van der Waals surface area contributed by atoms with Crippen LogP contribution in [0.1, 0.15) is 20.8 Å². The van der Waals surface area contributed by atoms with E-state index in [0.29, 0.717) is 18.9 Å². The van der Waals surface area contributed by atoms with Crippen LogP contribution in [-0.4, -0.2) is 31.3 Å². The number of amides is 1. The summed E-state index contributed by atoms with van der Waals surface area (Å²) in [4.78, 5) is 11.9. The molecular weight excluding hydrogens is 263 g/mol. The van der Waals surface area contributed by atoms with E-state index in [1.165, 1.54) is 12.1 Å². The summed E-state index contributed by atoms with van der Waals surface area (Å²) < 4.78 is 23.5. The maximum absolute atomic E-state index is 12.9. The van der Waals surface area contributed by atoms with E-state index in [-0.39, 0.29) is 17.7 Å². The van der Waals surface area contributed by atoms with Gasteiger partial charge < -0.3 is 20.5 Å². The number of hydrogen-bond donors (Lipinski definition) is 2. The van der Waals surface area contributed by atoms with Crippen molar-refractivity contribution < 1.29 is 18.7 Å². The summed E-state index contributed by atoms with van der Waals surface area (Å²) in [6.07, 6.45) is -0.517. The van der Waals surface area contributed by atoms with E-state index in [9.17, 15) is 9.18 Å². The molecule has 1 aromatic carbocycles. The van der Waals surface area contributed by atoms with Gasteiger partial charge in [-0.15, -0.1) is 0 Å². The van der Waals surface area contributed by atoms with Gasteiger partial charge in [-0.3, -0.25) is 4.79 Å². The largest absolute Gasteiger partial charge is 0.397 e. The fraction of sp³-hybridized carbons (Fsp3) is 0.500. The van der Waals surface area contributed by atoms with Crippen molar-refractivity contribution in [3.8, 4) is 0 Å². The van der Waals surface area contributed by atoms with Gasteiger partial charge in [-0.1, -0.05) is 0 Å². The van der Waals surface area contributed by atoms with Gasteiger partial charge in [0.2, 0.25) is 0 Å². The molecule has 6 heteroatoms. The van der Waals surface area contributed by atoms with Gasteiger partial charge in [0, 0.05) is 0 Å². The second-order valence-corrected chi connectivity index (χ2v) is 4.65. The molecule has 1 aromatic rings. The van der Waals surface area contributed by atoms with Gasteiger partial charge in [0.05, 0.1) is 30.7 Å². The van der Waals surface area contributed by atoms with Gasteiger partial charge in [0.1, 0.15) is 11.9 Å². The highest BCUT2D eigenvalue weighted by molar-refractivity contribution is 5.96. The Morgan fingerprint density at radius 2 is 1.95 bits per heavy atom. The highest BCUT2D eigenvalue weighted by Gasteiger charge is 2.14. The Morgan fingerprint density at radius 3 is 2.55 bits per heavy atom. The molecule has 20 heavy (non-hydrogen) atoms. The summed E-state index contributed by atoms with van der Waals surface area (Å²) in [6.45, 7) is 6.23. The molecule has 0 aliphatic heterocycles. The minimum Gasteiger partial charge on any atom is -0.397 e. The first-order valence-electron chi connectivity index (χ1n) is 6.49. The minimum atomic E-state index is -0.643. The Hall–Kier alpha value is -1.66. The summed E-state index contributed by atoms with van der Waals surface area (Å²) in [7, 11) is 0. The van der Waals surface area contributed by atoms with Crippen LogP contribution in [0.15, 0.2) is 18.2 Å². The summed E-state index contributed by atoms with van der Waals surface area (Å²) in [5, 5.41) is 2.59. The maximum atomic E-state index is 12.9. The predicted octanol–water partition coefficient (Wildman–Crippen LogP) is 2.18. The number of halogens is 1. The molecule has 0 saturated carbocycles. The number of benzene rings is 1. The van der Waals surface area contributed by atoms with E-state index in [0.717, 1.165) is 6.07 Å². The lowest BCUT2D eigenvalue weighted by Gasteiger charge is -2.15. The molecule has 0 radical (unpaired) electrons. The van der Waals surface area contributed by atoms with Crippen molar-refractivity contribution in [3.63, 3.8) is 0 Å². The molecule has 3 N–H and O–H groups in total. The van der Waals surface area contributed by atoms with Gasteiger partial charge in [-0.2, -0.15) is 0 Å². The first kappa shape index (κ1) is 16.4. The number of ether oxygens (including phenoxy) is 2. The van der Waals surface area contributed by atoms with Crippen LogP contribution in [0.25, 0.3) is 0 Å². The van der Waals surface area contributed by atoms with Gasteiger partial charge in [0.25, 0.3) is 5.91 Å². The SMILES string of the molecule is CC(C)OCCOC(C)C(=O)Nc1ccc(F)cc1N. The topological polar surface area (TPSA) is 73.6 Å². The molecule has 0 aromatic heterocycles. The first-order chi connectivity index (χ1) is 9.40. The molecule has 1 unspecified atom stereocenters. The Bertz CT molecular complexity index is 452. The van der Waals surface area contributed by atoms with Crippen molar-refractivity contribution in [2.75, 3.05) is 24.3 Å². The molecule has 0 heterocycles. The third-order valence-electron chi connectivity index (χ3n) is 2.54. The summed E-state index contributed by atoms with van der Waals surface area (Å²) in [6, 6.07) is 3.79. The van der Waals surface area contributed by atoms with Crippen LogP contribution in [-0.2, 0) is 14.3 Å². The van der Waals surface area contributed by atoms with Crippen molar-refractivity contribution in [1.29, 1.82) is 0 Å². The Kier molecular flexibility index (Phi) is 6.41. The van der Waals surface area contributed by atoms with Crippen LogP contribution in [0.4, 0.5) is 15.8 Å². The van der Waals surface area contributed by atoms with Crippen LogP contribution >= 0.6 is 0 Å². The average Bonchev–Trinajstić information content (AvgIpc) is 2.37. The zero-order valence-electron chi connectivity index (χ0n) is 12.0. The van der Waals surface area contributed by atoms with Gasteiger partial charge >= 0.3 is 0 Å². The summed E-state index contributed by atoms with van der Waals surface area (Å²) >= 11 is 0. The van der Waals surface area contributed by atoms with Gasteiger partial charge in [0.15, 0.2) is 0 Å². The lowest BCUT2D eigenvalue weighted by atomic mass is 10.2. The third kappa shape index (κ3) is 5.54. The van der Waals surface area contributed by atoms with E-state index in [4.69, 9.17) is 15.2 Å². The second-order valence-electron chi connectivity index (χ2n) is 4.65. The number of carbonyl (C=O) groups excluding carboxylic acids is 1. The van der Waals surface area contributed by atoms with Crippen LogP contribution in [0.3, 0.4) is 0 Å². The van der Waals surface area contributed by atoms with Gasteiger partial charge in [-0.05, 0) is 39.0 Å². The van der Waals surface area contributed by atoms with Crippen LogP contribution in [0.2, 0.25) is 0 Å². The first-order valence-corrected chi connectivity index (χ1v) is 6.49. The number of nitrogen functional groups attached to an aromatic ring is 1. The maximum Gasteiger partial charge on any atom is 0.253 e. The number of nitrogens with one attached hydrogen (secondary N) is 1. The second kappa shape index (κ2) is 7.81. The van der Waals surface area contributed by atoms with Crippen molar-refractivity contribution in [2.45, 2.75) is 33.0 Å². The number of anilines is 2. The van der Waals surface area contributed by atoms with Crippen molar-refractivity contribution in [2.24, 2.45) is 0 Å². The number of nitrogens with two attached hydrogens (primary N) is 1. The number of rotatable bonds is 7. The highest BCUT2D eigenvalue weighted by Crippen LogP contribution is 2.19. The Balaban J connectivity index is 2.41. The highest BCUT2D eigenvalue weighted by atomic mass is 19.1. The van der Waals surface area contributed by atoms with Crippen LogP contribution in [0.5, 0.6) is 0 Å². The molecule has 0 saturated heterocycles. The molecule has 0 fully saturated rings. The van der Waals surface area contributed by atoms with Crippen molar-refractivity contribution in [3.05, 3.63) is 24.0 Å². The van der Waals surface area contributed by atoms with Crippen molar-refractivity contribution >= 4 is 17.3 Å². The molecule has 0 bridgehead atoms. The van der Waals surface area contributed by atoms with Gasteiger partial charge in [-0.25, -0.2) is 4.39 Å². The Morgan fingerprint density at radius 1 is 1.30 bits per heavy atom. The molecule has 0 spiro atoms. The summed E-state index contributed by atoms with van der Waals surface area (Å²) in [5.41, 5.74) is 6.15. The van der Waals surface area contributed by atoms with E-state index >= 15 is 0 Å². The van der Waals surface area contributed by atoms with Crippen LogP contribution < -0.4 is 11.1 Å². The lowest BCUT2D eigenvalue weighted by Crippen LogP contribution is -2.29. The smallest absolute Gasteiger partial charge is 0.253 e. The lowest BCUT2D eigenvalue weighted by molar-refractivity contribution is -0.127. The third-order valence-corrected chi connectivity index (χ3v) is 2.54. The minimum absolute atomic E-state index is 0.127. The zero-order chi connectivity index (χ0) is 15.1. The molecule has 1 atom stereocenters. The standard InChI is InChI=1S/C14H21FN2O3/c1-9(2)19-6-7-20-10(3)14(18)17-13-5-4-11(15)8-12(13)16/h4-5,8-10H,6-7,16H2,1-3H3,(H,17,18). The molecule has 112 valence electrons. The normalized spacial score (nSPS) is 12.4. The Labute approximate surface area is 118 Å². The summed E-state index contributed by atoms with van der Waals surface area (Å²) in [5.74, 6) is -0.788. The number of hydrogen-bond acceptors (Lipinski definition) is 4. The fourth-order valence-electron chi connectivity index (χ4n) is 1.47. The predicted molar refractivity (Wildman–Crippen MR) is 75.9 cm³/mol. The average molecular weight is 284 g/mol. The van der Waals surface area contributed by atoms with Crippen molar-refractivity contribution in [1.82, 2.24) is 0 Å². The molecule has 1 rings (SSSR count). The van der Waals surface area contributed by atoms with E-state index in [1.807, 2.05) is 13.8 Å². The fourth-order valence-corrected chi connectivity index (χ4v) is 1.47. The molecule has 0 aliphatic rings.